The number of alkyl halides is 2. The highest BCUT2D eigenvalue weighted by Gasteiger charge is 2.15. The number of halogens is 3. The number of hydrogen-bond donors (Lipinski definition) is 1. The molecule has 0 unspecified atom stereocenters. The van der Waals surface area contributed by atoms with E-state index in [2.05, 4.69) is 25.9 Å². The fourth-order valence-corrected chi connectivity index (χ4v) is 2.36. The average molecular weight is 375 g/mol. The number of aromatic nitrogens is 2. The van der Waals surface area contributed by atoms with Crippen LogP contribution in [-0.4, -0.2) is 26.8 Å². The van der Waals surface area contributed by atoms with Crippen LogP contribution in [0.15, 0.2) is 40.0 Å². The predicted molar refractivity (Wildman–Crippen MR) is 78.5 cm³/mol. The van der Waals surface area contributed by atoms with Gasteiger partial charge in [-0.15, -0.1) is 0 Å². The Kier molecular flexibility index (Phi) is 5.24. The second-order valence-electron chi connectivity index (χ2n) is 3.95. The number of benzene rings is 1. The molecule has 21 heavy (non-hydrogen) atoms. The minimum Gasteiger partial charge on any atom is -0.481 e. The van der Waals surface area contributed by atoms with Crippen molar-refractivity contribution in [2.75, 3.05) is 5.75 Å². The van der Waals surface area contributed by atoms with Crippen molar-refractivity contribution in [3.63, 3.8) is 0 Å². The molecule has 0 saturated heterocycles. The van der Waals surface area contributed by atoms with Gasteiger partial charge in [-0.05, 0) is 18.2 Å². The van der Waals surface area contributed by atoms with E-state index in [1.165, 1.54) is 6.07 Å². The molecular formula is C13H9BrF2N2O2S. The van der Waals surface area contributed by atoms with E-state index >= 15 is 0 Å². The van der Waals surface area contributed by atoms with Crippen LogP contribution in [0.3, 0.4) is 0 Å². The lowest BCUT2D eigenvalue weighted by Gasteiger charge is -2.07. The lowest BCUT2D eigenvalue weighted by Crippen LogP contribution is -2.02. The normalized spacial score (nSPS) is 10.9. The van der Waals surface area contributed by atoms with Gasteiger partial charge in [0, 0.05) is 10.0 Å². The molecule has 1 aromatic heterocycles. The van der Waals surface area contributed by atoms with Crippen molar-refractivity contribution in [3.05, 3.63) is 40.5 Å². The van der Waals surface area contributed by atoms with Gasteiger partial charge in [-0.1, -0.05) is 39.8 Å². The summed E-state index contributed by atoms with van der Waals surface area (Å²) in [6, 6.07) is 8.20. The van der Waals surface area contributed by atoms with Crippen molar-refractivity contribution in [1.82, 2.24) is 9.97 Å². The number of nitrogens with zero attached hydrogens (tertiary/aromatic N) is 2. The average Bonchev–Trinajstić information content (AvgIpc) is 2.45. The maximum atomic E-state index is 12.9. The molecule has 1 heterocycles. The standard InChI is InChI=1S/C13H9BrF2N2O2S/c14-8-3-1-7(2-4-8)9-5-10(12(15)16)18-13(17-9)21-6-11(19)20/h1-5,12H,6H2,(H,19,20). The van der Waals surface area contributed by atoms with Crippen LogP contribution in [0.25, 0.3) is 11.3 Å². The number of thioether (sulfide) groups is 1. The van der Waals surface area contributed by atoms with Crippen LogP contribution in [0.4, 0.5) is 8.78 Å². The first-order chi connectivity index (χ1) is 9.95. The van der Waals surface area contributed by atoms with Gasteiger partial charge < -0.3 is 5.11 Å². The Bertz CT molecular complexity index is 653. The number of rotatable bonds is 5. The lowest BCUT2D eigenvalue weighted by molar-refractivity contribution is -0.133. The van der Waals surface area contributed by atoms with E-state index in [9.17, 15) is 13.6 Å². The quantitative estimate of drug-likeness (QED) is 0.632. The molecule has 1 aromatic carbocycles. The third-order valence-corrected chi connectivity index (χ3v) is 3.77. The molecule has 0 spiro atoms. The summed E-state index contributed by atoms with van der Waals surface area (Å²) in [6.45, 7) is 0. The highest BCUT2D eigenvalue weighted by atomic mass is 79.9. The Hall–Kier alpha value is -1.54. The van der Waals surface area contributed by atoms with Gasteiger partial charge in [0.2, 0.25) is 0 Å². The SMILES string of the molecule is O=C(O)CSc1nc(-c2ccc(Br)cc2)cc(C(F)F)n1. The van der Waals surface area contributed by atoms with Gasteiger partial charge in [-0.3, -0.25) is 4.79 Å². The first-order valence-electron chi connectivity index (χ1n) is 5.73. The van der Waals surface area contributed by atoms with E-state index in [4.69, 9.17) is 5.11 Å². The molecule has 4 nitrogen and oxygen atoms in total. The fraction of sp³-hybridized carbons (Fsp3) is 0.154. The minimum absolute atomic E-state index is 0.0214. The van der Waals surface area contributed by atoms with Crippen LogP contribution in [0.1, 0.15) is 12.1 Å². The van der Waals surface area contributed by atoms with E-state index in [1.807, 2.05) is 0 Å². The molecule has 0 aliphatic heterocycles. The largest absolute Gasteiger partial charge is 0.481 e. The first kappa shape index (κ1) is 15.8. The maximum Gasteiger partial charge on any atom is 0.313 e. The summed E-state index contributed by atoms with van der Waals surface area (Å²) >= 11 is 4.10. The van der Waals surface area contributed by atoms with Crippen LogP contribution < -0.4 is 0 Å². The highest BCUT2D eigenvalue weighted by molar-refractivity contribution is 9.10. The molecule has 0 radical (unpaired) electrons. The number of carbonyl (C=O) groups is 1. The smallest absolute Gasteiger partial charge is 0.313 e. The van der Waals surface area contributed by atoms with Gasteiger partial charge in [-0.2, -0.15) is 0 Å². The molecule has 0 aliphatic rings. The lowest BCUT2D eigenvalue weighted by atomic mass is 10.1. The molecule has 2 aromatic rings. The maximum absolute atomic E-state index is 12.9. The number of hydrogen-bond acceptors (Lipinski definition) is 4. The van der Waals surface area contributed by atoms with Crippen LogP contribution in [0.5, 0.6) is 0 Å². The molecule has 0 amide bonds. The van der Waals surface area contributed by atoms with Crippen LogP contribution in [0.2, 0.25) is 0 Å². The predicted octanol–water partition coefficient (Wildman–Crippen LogP) is 4.02. The molecule has 0 bridgehead atoms. The van der Waals surface area contributed by atoms with Crippen molar-refractivity contribution in [2.24, 2.45) is 0 Å². The second kappa shape index (κ2) is 6.95. The van der Waals surface area contributed by atoms with Crippen LogP contribution in [-0.2, 0) is 4.79 Å². The Balaban J connectivity index is 2.39. The van der Waals surface area contributed by atoms with Crippen LogP contribution >= 0.6 is 27.7 Å². The first-order valence-corrected chi connectivity index (χ1v) is 7.51. The summed E-state index contributed by atoms with van der Waals surface area (Å²) in [4.78, 5) is 18.4. The molecule has 0 fully saturated rings. The van der Waals surface area contributed by atoms with Gasteiger partial charge in [0.1, 0.15) is 5.69 Å². The molecule has 2 rings (SSSR count). The molecular weight excluding hydrogens is 366 g/mol. The molecule has 0 aliphatic carbocycles. The summed E-state index contributed by atoms with van der Waals surface area (Å²) in [5, 5.41) is 8.66. The van der Waals surface area contributed by atoms with E-state index in [1.54, 1.807) is 24.3 Å². The highest BCUT2D eigenvalue weighted by Crippen LogP contribution is 2.27. The van der Waals surface area contributed by atoms with Gasteiger partial charge in [0.25, 0.3) is 6.43 Å². The third-order valence-electron chi connectivity index (χ3n) is 2.41. The molecule has 1 N–H and O–H groups in total. The van der Waals surface area contributed by atoms with E-state index in [-0.39, 0.29) is 10.9 Å². The van der Waals surface area contributed by atoms with Crippen LogP contribution in [0, 0.1) is 0 Å². The van der Waals surface area contributed by atoms with Crippen molar-refractivity contribution >= 4 is 33.7 Å². The zero-order valence-corrected chi connectivity index (χ0v) is 12.9. The zero-order valence-electron chi connectivity index (χ0n) is 10.5. The summed E-state index contributed by atoms with van der Waals surface area (Å²) < 4.78 is 26.6. The third kappa shape index (κ3) is 4.47. The Morgan fingerprint density at radius 2 is 1.95 bits per heavy atom. The summed E-state index contributed by atoms with van der Waals surface area (Å²) in [5.41, 5.74) is 0.566. The summed E-state index contributed by atoms with van der Waals surface area (Å²) in [5.74, 6) is -1.34. The summed E-state index contributed by atoms with van der Waals surface area (Å²) in [7, 11) is 0. The monoisotopic (exact) mass is 374 g/mol. The Morgan fingerprint density at radius 3 is 2.52 bits per heavy atom. The fourth-order valence-electron chi connectivity index (χ4n) is 1.51. The van der Waals surface area contributed by atoms with Gasteiger partial charge in [-0.25, -0.2) is 18.7 Å². The van der Waals surface area contributed by atoms with Crippen molar-refractivity contribution in [3.8, 4) is 11.3 Å². The van der Waals surface area contributed by atoms with Gasteiger partial charge >= 0.3 is 5.97 Å². The topological polar surface area (TPSA) is 63.1 Å². The molecule has 0 atom stereocenters. The van der Waals surface area contributed by atoms with E-state index < -0.39 is 18.1 Å². The molecule has 0 saturated carbocycles. The van der Waals surface area contributed by atoms with Gasteiger partial charge in [0.05, 0.1) is 11.4 Å². The van der Waals surface area contributed by atoms with Crippen molar-refractivity contribution in [2.45, 2.75) is 11.6 Å². The second-order valence-corrected chi connectivity index (χ2v) is 5.81. The number of carboxylic acid groups (broad SMARTS) is 1. The Morgan fingerprint density at radius 1 is 1.29 bits per heavy atom. The van der Waals surface area contributed by atoms with E-state index in [0.29, 0.717) is 11.3 Å². The molecule has 110 valence electrons. The number of aliphatic carboxylic acids is 1. The Labute approximate surface area is 131 Å². The molecule has 8 heteroatoms. The zero-order chi connectivity index (χ0) is 15.4. The minimum atomic E-state index is -2.74. The number of carboxylic acids is 1. The van der Waals surface area contributed by atoms with Crippen molar-refractivity contribution in [1.29, 1.82) is 0 Å². The van der Waals surface area contributed by atoms with E-state index in [0.717, 1.165) is 16.2 Å². The van der Waals surface area contributed by atoms with Crippen molar-refractivity contribution < 1.29 is 18.7 Å². The summed E-state index contributed by atoms with van der Waals surface area (Å²) in [6.07, 6.45) is -2.74. The van der Waals surface area contributed by atoms with Gasteiger partial charge in [0.15, 0.2) is 5.16 Å².